The number of amides is 1. The molecule has 3 aliphatic heterocycles. The molecule has 3 aromatic rings. The van der Waals surface area contributed by atoms with E-state index in [9.17, 15) is 19.1 Å². The Morgan fingerprint density at radius 1 is 1.13 bits per heavy atom. The summed E-state index contributed by atoms with van der Waals surface area (Å²) in [5.41, 5.74) is 2.91. The van der Waals surface area contributed by atoms with Gasteiger partial charge in [0.2, 0.25) is 11.9 Å². The zero-order valence-electron chi connectivity index (χ0n) is 27.0. The van der Waals surface area contributed by atoms with Crippen LogP contribution in [0.4, 0.5) is 16.2 Å². The average Bonchev–Trinajstić information content (AvgIpc) is 3.44. The molecule has 5 heterocycles. The molecular weight excluding hydrogens is 625 g/mol. The molecule has 14 heteroatoms. The van der Waals surface area contributed by atoms with Gasteiger partial charge >= 0.3 is 0 Å². The number of benzene rings is 1. The van der Waals surface area contributed by atoms with E-state index in [1.807, 2.05) is 6.92 Å². The Morgan fingerprint density at radius 3 is 2.64 bits per heavy atom. The number of hydrogen-bond acceptors (Lipinski definition) is 11. The van der Waals surface area contributed by atoms with Crippen LogP contribution in [-0.2, 0) is 24.4 Å². The number of anilines is 2. The quantitative estimate of drug-likeness (QED) is 0.274. The van der Waals surface area contributed by atoms with Gasteiger partial charge < -0.3 is 29.4 Å². The molecule has 0 spiro atoms. The Morgan fingerprint density at radius 2 is 1.91 bits per heavy atom. The molecule has 1 atom stereocenters. The molecule has 6 rings (SSSR count). The van der Waals surface area contributed by atoms with Crippen LogP contribution in [-0.4, -0.2) is 93.0 Å². The molecule has 1 amide bonds. The molecule has 2 aromatic heterocycles. The van der Waals surface area contributed by atoms with Gasteiger partial charge in [0.1, 0.15) is 18.1 Å². The number of nitrogens with one attached hydrogen (secondary N) is 1. The molecule has 0 bridgehead atoms. The number of carbonyl (C=O) groups excluding carboxylic acids is 2. The van der Waals surface area contributed by atoms with Crippen molar-refractivity contribution in [1.82, 2.24) is 24.8 Å². The second-order valence-electron chi connectivity index (χ2n) is 12.6. The fourth-order valence-electron chi connectivity index (χ4n) is 6.23. The van der Waals surface area contributed by atoms with Crippen LogP contribution in [0, 0.1) is 12.7 Å². The summed E-state index contributed by atoms with van der Waals surface area (Å²) >= 11 is 0. The molecule has 3 aliphatic rings. The Kier molecular flexibility index (Phi) is 11.4. The van der Waals surface area contributed by atoms with Gasteiger partial charge in [-0.05, 0) is 62.3 Å². The molecule has 0 aliphatic carbocycles. The van der Waals surface area contributed by atoms with Gasteiger partial charge in [-0.2, -0.15) is 18.5 Å². The molecule has 0 saturated carbocycles. The molecule has 1 aromatic carbocycles. The number of nitrogens with zero attached hydrogens (tertiary/aromatic N) is 6. The lowest BCUT2D eigenvalue weighted by Crippen LogP contribution is -2.56. The van der Waals surface area contributed by atoms with Crippen molar-refractivity contribution in [2.75, 3.05) is 49.5 Å². The first-order chi connectivity index (χ1) is 22.2. The van der Waals surface area contributed by atoms with Crippen molar-refractivity contribution in [3.8, 4) is 5.75 Å². The van der Waals surface area contributed by atoms with E-state index < -0.39 is 11.9 Å². The van der Waals surface area contributed by atoms with Gasteiger partial charge in [-0.15, -0.1) is 0 Å². The lowest BCUT2D eigenvalue weighted by atomic mass is 9.98. The summed E-state index contributed by atoms with van der Waals surface area (Å²) in [6.45, 7) is 7.93. The van der Waals surface area contributed by atoms with Gasteiger partial charge in [0.15, 0.2) is 29.5 Å². The van der Waals surface area contributed by atoms with E-state index in [-0.39, 0.29) is 56.4 Å². The summed E-state index contributed by atoms with van der Waals surface area (Å²) in [7, 11) is 0. The number of likely N-dealkylation sites (tertiary alicyclic amines) is 1. The van der Waals surface area contributed by atoms with Crippen molar-refractivity contribution in [3.05, 3.63) is 58.7 Å². The van der Waals surface area contributed by atoms with Gasteiger partial charge in [-0.1, -0.05) is 0 Å². The summed E-state index contributed by atoms with van der Waals surface area (Å²) in [6, 6.07) is 5.00. The van der Waals surface area contributed by atoms with Crippen LogP contribution in [0.15, 0.2) is 29.0 Å². The molecule has 2 N–H and O–H groups in total. The topological polar surface area (TPSA) is 137 Å². The van der Waals surface area contributed by atoms with Crippen molar-refractivity contribution in [1.29, 1.82) is 0 Å². The predicted molar refractivity (Wildman–Crippen MR) is 179 cm³/mol. The van der Waals surface area contributed by atoms with Crippen molar-refractivity contribution in [2.24, 2.45) is 0 Å². The number of aryl methyl sites for hydroxylation is 1. The number of ketones is 1. The molecule has 0 unspecified atom stereocenters. The largest absolute Gasteiger partial charge is 0.482 e. The number of fused-ring (bicyclic) bond motifs is 1. The highest BCUT2D eigenvalue weighted by Crippen LogP contribution is 2.28. The highest BCUT2D eigenvalue weighted by atomic mass is 32.1. The van der Waals surface area contributed by atoms with Crippen LogP contribution < -0.4 is 15.0 Å². The van der Waals surface area contributed by atoms with Crippen molar-refractivity contribution in [2.45, 2.75) is 77.7 Å². The number of aliphatic hydroxyl groups excluding tert-OH is 1. The Labute approximate surface area is 281 Å². The highest BCUT2D eigenvalue weighted by molar-refractivity contribution is 7.59. The third-order valence-corrected chi connectivity index (χ3v) is 9.04. The summed E-state index contributed by atoms with van der Waals surface area (Å²) in [6.07, 6.45) is 5.01. The second-order valence-corrected chi connectivity index (χ2v) is 12.6. The fraction of sp³-hybridized carbons (Fsp3) is 0.545. The number of carbonyl (C=O) groups is 2. The van der Waals surface area contributed by atoms with Crippen LogP contribution in [0.5, 0.6) is 5.75 Å². The van der Waals surface area contributed by atoms with E-state index in [4.69, 9.17) is 14.1 Å². The number of aliphatic hydroxyl groups is 1. The standard InChI is InChI=1S/C33H42FN7O5.H2S/c1-21-31(46-20-35-21)19-45-30-13-23-8-11-39(15-24(23)12-27(30)34)18-26(43)6-7-29(44)28-14-32(36-25-16-41(17-25)22(2)42)38-33(37-28)40-9-4-3-5-10-40;/h12-14,20,25-26,43H,3-11,15-19H2,1-2H3,(H,36,37,38);1H2/t26-;/m0./s1. The number of oxazole rings is 1. The fourth-order valence-corrected chi connectivity index (χ4v) is 6.23. The monoisotopic (exact) mass is 669 g/mol. The minimum atomic E-state index is -0.725. The first kappa shape index (κ1) is 34.6. The molecule has 254 valence electrons. The van der Waals surface area contributed by atoms with Crippen LogP contribution in [0.25, 0.3) is 0 Å². The van der Waals surface area contributed by atoms with E-state index in [0.717, 1.165) is 37.1 Å². The van der Waals surface area contributed by atoms with Crippen LogP contribution in [0.2, 0.25) is 0 Å². The SMILES string of the molecule is CC(=O)N1CC(Nc2cc(C(=O)CC[C@H](O)CN3CCc4cc(OCc5ocnc5C)c(F)cc4C3)nc(N3CCCCC3)n2)C1.S. The van der Waals surface area contributed by atoms with Crippen molar-refractivity contribution < 1.29 is 28.2 Å². The Hall–Kier alpha value is -3.75. The van der Waals surface area contributed by atoms with Gasteiger partial charge in [0, 0.05) is 65.2 Å². The third kappa shape index (κ3) is 8.59. The maximum Gasteiger partial charge on any atom is 0.227 e. The Bertz CT molecular complexity index is 1560. The molecule has 0 radical (unpaired) electrons. The van der Waals surface area contributed by atoms with Crippen LogP contribution in [0.1, 0.15) is 72.1 Å². The minimum Gasteiger partial charge on any atom is -0.482 e. The average molecular weight is 670 g/mol. The van der Waals surface area contributed by atoms with Gasteiger partial charge in [-0.25, -0.2) is 14.4 Å². The van der Waals surface area contributed by atoms with E-state index in [0.29, 0.717) is 68.1 Å². The number of ether oxygens (including phenoxy) is 1. The maximum absolute atomic E-state index is 14.9. The lowest BCUT2D eigenvalue weighted by molar-refractivity contribution is -0.132. The summed E-state index contributed by atoms with van der Waals surface area (Å²) in [5.74, 6) is 1.30. The summed E-state index contributed by atoms with van der Waals surface area (Å²) in [5, 5.41) is 14.2. The number of β-amino-alcohol motifs (C(OH)–C–C–N with tert-alkyl or cyclic N) is 1. The number of hydrogen-bond donors (Lipinski definition) is 2. The molecule has 2 fully saturated rings. The molecule has 2 saturated heterocycles. The van der Waals surface area contributed by atoms with Crippen molar-refractivity contribution in [3.63, 3.8) is 0 Å². The lowest BCUT2D eigenvalue weighted by Gasteiger charge is -2.39. The normalized spacial score (nSPS) is 17.4. The molecule has 47 heavy (non-hydrogen) atoms. The number of aromatic nitrogens is 3. The minimum absolute atomic E-state index is 0. The van der Waals surface area contributed by atoms with Crippen LogP contribution in [0.3, 0.4) is 0 Å². The second kappa shape index (κ2) is 15.4. The number of piperidine rings is 1. The van der Waals surface area contributed by atoms with Gasteiger partial charge in [0.25, 0.3) is 0 Å². The first-order valence-corrected chi connectivity index (χ1v) is 16.1. The third-order valence-electron chi connectivity index (χ3n) is 9.04. The first-order valence-electron chi connectivity index (χ1n) is 16.1. The molecule has 12 nitrogen and oxygen atoms in total. The zero-order chi connectivity index (χ0) is 32.2. The number of halogens is 1. The Balaban J connectivity index is 0.00000433. The summed E-state index contributed by atoms with van der Waals surface area (Å²) in [4.78, 5) is 44.3. The van der Waals surface area contributed by atoms with E-state index in [1.165, 1.54) is 18.9 Å². The number of rotatable bonds is 12. The van der Waals surface area contributed by atoms with Gasteiger partial charge in [0.05, 0.1) is 17.8 Å². The highest BCUT2D eigenvalue weighted by Gasteiger charge is 2.29. The van der Waals surface area contributed by atoms with Crippen molar-refractivity contribution >= 4 is 37.0 Å². The smallest absolute Gasteiger partial charge is 0.227 e. The number of Topliss-reactive ketones (excluding diaryl/α,β-unsaturated/α-hetero) is 1. The van der Waals surface area contributed by atoms with Gasteiger partial charge in [-0.3, -0.25) is 14.5 Å². The zero-order valence-corrected chi connectivity index (χ0v) is 28.0. The predicted octanol–water partition coefficient (Wildman–Crippen LogP) is 3.62. The van der Waals surface area contributed by atoms with E-state index >= 15 is 0 Å². The van der Waals surface area contributed by atoms with E-state index in [2.05, 4.69) is 25.1 Å². The maximum atomic E-state index is 14.9. The summed E-state index contributed by atoms with van der Waals surface area (Å²) < 4.78 is 25.8. The molecular formula is C33H44FN7O5S. The van der Waals surface area contributed by atoms with Crippen LogP contribution >= 0.6 is 13.5 Å². The van der Waals surface area contributed by atoms with E-state index in [1.54, 1.807) is 24.0 Å².